The highest BCUT2D eigenvalue weighted by molar-refractivity contribution is 5.04. The van der Waals surface area contributed by atoms with Crippen molar-refractivity contribution in [2.75, 3.05) is 21.1 Å². The predicted molar refractivity (Wildman–Crippen MR) is 44.5 cm³/mol. The minimum absolute atomic E-state index is 0.0856. The van der Waals surface area contributed by atoms with Gasteiger partial charge in [0.15, 0.2) is 0 Å². The van der Waals surface area contributed by atoms with Crippen LogP contribution in [-0.2, 0) is 0 Å². The summed E-state index contributed by atoms with van der Waals surface area (Å²) in [4.78, 5) is 2.00. The first-order chi connectivity index (χ1) is 4.59. The van der Waals surface area contributed by atoms with Crippen molar-refractivity contribution >= 4 is 0 Å². The number of nitrogens with one attached hydrogen (secondary N) is 1. The van der Waals surface area contributed by atoms with Gasteiger partial charge in [-0.15, -0.1) is 0 Å². The first-order valence-corrected chi connectivity index (χ1v) is 3.39. The van der Waals surface area contributed by atoms with Gasteiger partial charge in [-0.05, 0) is 6.92 Å². The molecule has 0 saturated heterocycles. The molecule has 0 amide bonds. The highest BCUT2D eigenvalue weighted by Crippen LogP contribution is 1.99. The van der Waals surface area contributed by atoms with Crippen LogP contribution in [0, 0.1) is 0 Å². The summed E-state index contributed by atoms with van der Waals surface area (Å²) < 4.78 is 0. The Hall–Kier alpha value is -0.700. The molecular weight excluding hydrogens is 126 g/mol. The van der Waals surface area contributed by atoms with Crippen molar-refractivity contribution < 1.29 is 0 Å². The summed E-state index contributed by atoms with van der Waals surface area (Å²) in [6.07, 6.45) is 1.91. The van der Waals surface area contributed by atoms with Crippen LogP contribution in [0.1, 0.15) is 6.92 Å². The minimum atomic E-state index is 0.0856. The summed E-state index contributed by atoms with van der Waals surface area (Å²) >= 11 is 0. The fourth-order valence-electron chi connectivity index (χ4n) is 0.816. The van der Waals surface area contributed by atoms with Gasteiger partial charge >= 0.3 is 0 Å². The molecule has 3 nitrogen and oxygen atoms in total. The van der Waals surface area contributed by atoms with E-state index in [0.717, 1.165) is 5.70 Å². The molecule has 3 heteroatoms. The predicted octanol–water partition coefficient (Wildman–Crippen LogP) is -0.0440. The Morgan fingerprint density at radius 1 is 1.60 bits per heavy atom. The van der Waals surface area contributed by atoms with E-state index in [1.54, 1.807) is 0 Å². The lowest BCUT2D eigenvalue weighted by atomic mass is 10.2. The molecule has 10 heavy (non-hydrogen) atoms. The van der Waals surface area contributed by atoms with Crippen molar-refractivity contribution in [1.29, 1.82) is 0 Å². The van der Waals surface area contributed by atoms with Gasteiger partial charge in [0, 0.05) is 39.1 Å². The van der Waals surface area contributed by atoms with E-state index < -0.39 is 0 Å². The van der Waals surface area contributed by atoms with Gasteiger partial charge in [-0.2, -0.15) is 0 Å². The molecule has 0 aliphatic carbocycles. The van der Waals surface area contributed by atoms with Gasteiger partial charge < -0.3 is 16.0 Å². The van der Waals surface area contributed by atoms with Gasteiger partial charge in [0.1, 0.15) is 0 Å². The molecule has 0 heterocycles. The van der Waals surface area contributed by atoms with Crippen LogP contribution in [0.15, 0.2) is 11.9 Å². The maximum absolute atomic E-state index is 5.67. The van der Waals surface area contributed by atoms with Crippen molar-refractivity contribution in [2.24, 2.45) is 5.73 Å². The number of likely N-dealkylation sites (N-methyl/N-ethyl adjacent to an activating group) is 1. The third-order valence-electron chi connectivity index (χ3n) is 1.28. The zero-order valence-corrected chi connectivity index (χ0v) is 7.18. The third kappa shape index (κ3) is 2.73. The van der Waals surface area contributed by atoms with Crippen LogP contribution in [0.2, 0.25) is 0 Å². The van der Waals surface area contributed by atoms with Crippen LogP contribution in [0.5, 0.6) is 0 Å². The average Bonchev–Trinajstić information content (AvgIpc) is 1.81. The lowest BCUT2D eigenvalue weighted by molar-refractivity contribution is 0.467. The van der Waals surface area contributed by atoms with Gasteiger partial charge in [-0.1, -0.05) is 0 Å². The lowest BCUT2D eigenvalue weighted by Gasteiger charge is -2.20. The summed E-state index contributed by atoms with van der Waals surface area (Å²) in [6.45, 7) is 1.96. The molecule has 1 atom stereocenters. The Bertz CT molecular complexity index is 106. The maximum atomic E-state index is 5.67. The fourth-order valence-corrected chi connectivity index (χ4v) is 0.816. The zero-order valence-electron chi connectivity index (χ0n) is 7.18. The van der Waals surface area contributed by atoms with E-state index >= 15 is 0 Å². The van der Waals surface area contributed by atoms with Crippen LogP contribution >= 0.6 is 0 Å². The largest absolute Gasteiger partial charge is 0.393 e. The third-order valence-corrected chi connectivity index (χ3v) is 1.28. The number of nitrogens with two attached hydrogens (primary N) is 1. The average molecular weight is 143 g/mol. The van der Waals surface area contributed by atoms with E-state index in [1.165, 1.54) is 0 Å². The van der Waals surface area contributed by atoms with Crippen molar-refractivity contribution in [2.45, 2.75) is 13.0 Å². The molecule has 0 fully saturated rings. The molecule has 0 saturated carbocycles. The maximum Gasteiger partial charge on any atom is 0.0454 e. The van der Waals surface area contributed by atoms with Crippen molar-refractivity contribution in [3.05, 3.63) is 11.9 Å². The second-order valence-corrected chi connectivity index (χ2v) is 2.54. The van der Waals surface area contributed by atoms with Crippen molar-refractivity contribution in [3.63, 3.8) is 0 Å². The molecule has 0 aromatic heterocycles. The molecule has 3 N–H and O–H groups in total. The molecular formula is C7H17N3. The van der Waals surface area contributed by atoms with Gasteiger partial charge in [-0.25, -0.2) is 0 Å². The normalized spacial score (nSPS) is 14.7. The molecule has 0 aliphatic rings. The fraction of sp³-hybridized carbons (Fsp3) is 0.714. The van der Waals surface area contributed by atoms with Gasteiger partial charge in [0.05, 0.1) is 0 Å². The zero-order chi connectivity index (χ0) is 8.15. The SMILES string of the molecule is CN/C=C(\C(C)N)N(C)C. The summed E-state index contributed by atoms with van der Waals surface area (Å²) in [5.74, 6) is 0. The molecule has 0 aromatic rings. The second kappa shape index (κ2) is 4.17. The summed E-state index contributed by atoms with van der Waals surface area (Å²) in [6, 6.07) is 0.0856. The quantitative estimate of drug-likeness (QED) is 0.582. The molecule has 60 valence electrons. The molecule has 0 aromatic carbocycles. The van der Waals surface area contributed by atoms with E-state index in [1.807, 2.05) is 39.2 Å². The van der Waals surface area contributed by atoms with E-state index in [4.69, 9.17) is 5.73 Å². The summed E-state index contributed by atoms with van der Waals surface area (Å²) in [5.41, 5.74) is 6.77. The molecule has 0 rings (SSSR count). The monoisotopic (exact) mass is 143 g/mol. The van der Waals surface area contributed by atoms with Crippen molar-refractivity contribution in [1.82, 2.24) is 10.2 Å². The van der Waals surface area contributed by atoms with Crippen LogP contribution in [0.25, 0.3) is 0 Å². The second-order valence-electron chi connectivity index (χ2n) is 2.54. The van der Waals surface area contributed by atoms with E-state index in [9.17, 15) is 0 Å². The first-order valence-electron chi connectivity index (χ1n) is 3.39. The molecule has 1 unspecified atom stereocenters. The Kier molecular flexibility index (Phi) is 3.88. The highest BCUT2D eigenvalue weighted by atomic mass is 15.1. The number of nitrogens with zero attached hydrogens (tertiary/aromatic N) is 1. The number of rotatable bonds is 3. The first kappa shape index (κ1) is 9.30. The molecule has 0 spiro atoms. The Labute approximate surface area is 62.9 Å². The summed E-state index contributed by atoms with van der Waals surface area (Å²) in [7, 11) is 5.82. The molecule has 0 aliphatic heterocycles. The van der Waals surface area contributed by atoms with Crippen molar-refractivity contribution in [3.8, 4) is 0 Å². The van der Waals surface area contributed by atoms with E-state index in [2.05, 4.69) is 5.32 Å². The smallest absolute Gasteiger partial charge is 0.0454 e. The lowest BCUT2D eigenvalue weighted by Crippen LogP contribution is -2.29. The van der Waals surface area contributed by atoms with Crippen LogP contribution in [-0.4, -0.2) is 32.1 Å². The van der Waals surface area contributed by atoms with E-state index in [-0.39, 0.29) is 6.04 Å². The topological polar surface area (TPSA) is 41.3 Å². The van der Waals surface area contributed by atoms with Crippen LogP contribution in [0.3, 0.4) is 0 Å². The van der Waals surface area contributed by atoms with Gasteiger partial charge in [0.25, 0.3) is 0 Å². The van der Waals surface area contributed by atoms with Crippen LogP contribution in [0.4, 0.5) is 0 Å². The Morgan fingerprint density at radius 3 is 2.20 bits per heavy atom. The summed E-state index contributed by atoms with van der Waals surface area (Å²) in [5, 5.41) is 2.95. The molecule has 0 bridgehead atoms. The number of hydrogen-bond acceptors (Lipinski definition) is 3. The standard InChI is InChI=1S/C7H17N3/c1-6(8)7(5-9-2)10(3)4/h5-6,9H,8H2,1-4H3/b7-5+. The van der Waals surface area contributed by atoms with Crippen LogP contribution < -0.4 is 11.1 Å². The Balaban J connectivity index is 4.12. The Morgan fingerprint density at radius 2 is 2.10 bits per heavy atom. The minimum Gasteiger partial charge on any atom is -0.393 e. The number of hydrogen-bond donors (Lipinski definition) is 2. The van der Waals surface area contributed by atoms with Gasteiger partial charge in [0.2, 0.25) is 0 Å². The molecule has 0 radical (unpaired) electrons. The van der Waals surface area contributed by atoms with E-state index in [0.29, 0.717) is 0 Å². The van der Waals surface area contributed by atoms with Gasteiger partial charge in [-0.3, -0.25) is 0 Å². The highest BCUT2D eigenvalue weighted by Gasteiger charge is 2.03.